The van der Waals surface area contributed by atoms with Crippen LogP contribution in [0, 0.1) is 5.82 Å². The van der Waals surface area contributed by atoms with Crippen molar-refractivity contribution in [3.63, 3.8) is 0 Å². The van der Waals surface area contributed by atoms with E-state index in [4.69, 9.17) is 10.5 Å². The smallest absolute Gasteiger partial charge is 0.239 e. The molecule has 4 nitrogen and oxygen atoms in total. The van der Waals surface area contributed by atoms with E-state index in [0.717, 1.165) is 0 Å². The minimum absolute atomic E-state index is 0.396. The number of benzene rings is 1. The molecule has 0 aliphatic heterocycles. The molecule has 1 amide bonds. The molecule has 1 aromatic carbocycles. The number of amides is 1. The van der Waals surface area contributed by atoms with Crippen molar-refractivity contribution >= 4 is 5.91 Å². The Morgan fingerprint density at radius 3 is 2.73 bits per heavy atom. The summed E-state index contributed by atoms with van der Waals surface area (Å²) in [6.45, 7) is 0. The highest BCUT2D eigenvalue weighted by atomic mass is 19.1. The van der Waals surface area contributed by atoms with E-state index in [1.807, 2.05) is 0 Å². The van der Waals surface area contributed by atoms with Gasteiger partial charge in [-0.2, -0.15) is 0 Å². The summed E-state index contributed by atoms with van der Waals surface area (Å²) in [7, 11) is 3.02. The summed E-state index contributed by atoms with van der Waals surface area (Å²) in [4.78, 5) is 11.1. The molecule has 0 heterocycles. The molecule has 0 radical (unpaired) electrons. The normalized spacial score (nSPS) is 12.2. The number of primary amides is 1. The largest absolute Gasteiger partial charge is 0.496 e. The molecule has 0 saturated heterocycles. The zero-order valence-electron chi connectivity index (χ0n) is 8.58. The van der Waals surface area contributed by atoms with Crippen LogP contribution >= 0.6 is 0 Å². The van der Waals surface area contributed by atoms with Crippen LogP contribution in [0.3, 0.4) is 0 Å². The Labute approximate surface area is 87.2 Å². The van der Waals surface area contributed by atoms with Gasteiger partial charge in [0.1, 0.15) is 17.6 Å². The highest BCUT2D eigenvalue weighted by molar-refractivity contribution is 5.82. The fourth-order valence-electron chi connectivity index (χ4n) is 1.38. The van der Waals surface area contributed by atoms with Gasteiger partial charge in [0.2, 0.25) is 5.91 Å². The van der Waals surface area contributed by atoms with Crippen molar-refractivity contribution in [1.82, 2.24) is 5.32 Å². The maximum atomic E-state index is 13.0. The van der Waals surface area contributed by atoms with Crippen molar-refractivity contribution in [2.24, 2.45) is 5.73 Å². The number of ether oxygens (including phenoxy) is 1. The zero-order valence-corrected chi connectivity index (χ0v) is 8.58. The topological polar surface area (TPSA) is 64.3 Å². The number of halogens is 1. The third-order valence-electron chi connectivity index (χ3n) is 2.08. The van der Waals surface area contributed by atoms with Crippen LogP contribution in [-0.4, -0.2) is 20.1 Å². The van der Waals surface area contributed by atoms with E-state index in [-0.39, 0.29) is 0 Å². The second-order valence-corrected chi connectivity index (χ2v) is 3.01. The summed E-state index contributed by atoms with van der Waals surface area (Å²) < 4.78 is 18.0. The molecule has 0 aliphatic carbocycles. The third kappa shape index (κ3) is 2.44. The lowest BCUT2D eigenvalue weighted by Crippen LogP contribution is -2.31. The molecule has 0 saturated carbocycles. The van der Waals surface area contributed by atoms with Crippen LogP contribution in [0.5, 0.6) is 5.75 Å². The molecule has 82 valence electrons. The van der Waals surface area contributed by atoms with E-state index in [2.05, 4.69) is 5.32 Å². The van der Waals surface area contributed by atoms with Gasteiger partial charge in [0.15, 0.2) is 0 Å². The Hall–Kier alpha value is -1.62. The van der Waals surface area contributed by atoms with E-state index in [1.54, 1.807) is 7.05 Å². The number of carbonyl (C=O) groups excluding carboxylic acids is 1. The second kappa shape index (κ2) is 4.75. The van der Waals surface area contributed by atoms with Crippen molar-refractivity contribution in [1.29, 1.82) is 0 Å². The van der Waals surface area contributed by atoms with Crippen LogP contribution in [0.2, 0.25) is 0 Å². The summed E-state index contributed by atoms with van der Waals surface area (Å²) in [5, 5.41) is 2.70. The molecule has 0 fully saturated rings. The predicted molar refractivity (Wildman–Crippen MR) is 53.9 cm³/mol. The molecule has 0 bridgehead atoms. The van der Waals surface area contributed by atoms with E-state index < -0.39 is 17.8 Å². The molecular weight excluding hydrogens is 199 g/mol. The van der Waals surface area contributed by atoms with Gasteiger partial charge in [0.05, 0.1) is 7.11 Å². The molecule has 1 aromatic rings. The number of likely N-dealkylation sites (N-methyl/N-ethyl adjacent to an activating group) is 1. The average Bonchev–Trinajstić information content (AvgIpc) is 2.18. The number of nitrogens with two attached hydrogens (primary N) is 1. The van der Waals surface area contributed by atoms with Crippen LogP contribution < -0.4 is 15.8 Å². The van der Waals surface area contributed by atoms with Gasteiger partial charge in [-0.1, -0.05) is 0 Å². The van der Waals surface area contributed by atoms with Crippen LogP contribution in [0.25, 0.3) is 0 Å². The Balaban J connectivity index is 3.19. The minimum Gasteiger partial charge on any atom is -0.496 e. The fourth-order valence-corrected chi connectivity index (χ4v) is 1.38. The summed E-state index contributed by atoms with van der Waals surface area (Å²) in [5.74, 6) is -0.594. The van der Waals surface area contributed by atoms with Crippen molar-refractivity contribution < 1.29 is 13.9 Å². The van der Waals surface area contributed by atoms with E-state index in [9.17, 15) is 9.18 Å². The Morgan fingerprint density at radius 2 is 2.27 bits per heavy atom. The maximum absolute atomic E-state index is 13.0. The van der Waals surface area contributed by atoms with Crippen molar-refractivity contribution in [3.05, 3.63) is 29.6 Å². The molecular formula is C10H13FN2O2. The van der Waals surface area contributed by atoms with Gasteiger partial charge >= 0.3 is 0 Å². The minimum atomic E-state index is -0.754. The van der Waals surface area contributed by atoms with Gasteiger partial charge < -0.3 is 15.8 Å². The summed E-state index contributed by atoms with van der Waals surface area (Å²) in [6.07, 6.45) is 0. The van der Waals surface area contributed by atoms with Gasteiger partial charge in [0, 0.05) is 5.56 Å². The standard InChI is InChI=1S/C10H13FN2O2/c1-13-9(10(12)14)7-5-6(11)3-4-8(7)15-2/h3-5,9,13H,1-2H3,(H2,12,14). The van der Waals surface area contributed by atoms with Gasteiger partial charge in [-0.3, -0.25) is 4.79 Å². The third-order valence-corrected chi connectivity index (χ3v) is 2.08. The summed E-state index contributed by atoms with van der Waals surface area (Å²) >= 11 is 0. The molecule has 0 aliphatic rings. The second-order valence-electron chi connectivity index (χ2n) is 3.01. The lowest BCUT2D eigenvalue weighted by molar-refractivity contribution is -0.120. The van der Waals surface area contributed by atoms with E-state index >= 15 is 0 Å². The quantitative estimate of drug-likeness (QED) is 0.767. The zero-order chi connectivity index (χ0) is 11.4. The molecule has 1 unspecified atom stereocenters. The number of carbonyl (C=O) groups is 1. The first-order chi connectivity index (χ1) is 7.10. The Bertz CT molecular complexity index is 368. The lowest BCUT2D eigenvalue weighted by atomic mass is 10.1. The lowest BCUT2D eigenvalue weighted by Gasteiger charge is -2.16. The monoisotopic (exact) mass is 212 g/mol. The van der Waals surface area contributed by atoms with Crippen molar-refractivity contribution in [2.45, 2.75) is 6.04 Å². The number of hydrogen-bond donors (Lipinski definition) is 2. The average molecular weight is 212 g/mol. The predicted octanol–water partition coefficient (Wildman–Crippen LogP) is 0.580. The molecule has 15 heavy (non-hydrogen) atoms. The number of methoxy groups -OCH3 is 1. The van der Waals surface area contributed by atoms with E-state index in [1.165, 1.54) is 25.3 Å². The van der Waals surface area contributed by atoms with Crippen LogP contribution in [-0.2, 0) is 4.79 Å². The molecule has 0 aromatic heterocycles. The van der Waals surface area contributed by atoms with Gasteiger partial charge in [-0.15, -0.1) is 0 Å². The summed E-state index contributed by atoms with van der Waals surface area (Å²) in [5.41, 5.74) is 5.57. The van der Waals surface area contributed by atoms with Crippen LogP contribution in [0.15, 0.2) is 18.2 Å². The highest BCUT2D eigenvalue weighted by Crippen LogP contribution is 2.25. The first kappa shape index (κ1) is 11.5. The van der Waals surface area contributed by atoms with Gasteiger partial charge in [0.25, 0.3) is 0 Å². The highest BCUT2D eigenvalue weighted by Gasteiger charge is 2.20. The molecule has 0 spiro atoms. The maximum Gasteiger partial charge on any atom is 0.239 e. The fraction of sp³-hybridized carbons (Fsp3) is 0.300. The first-order valence-corrected chi connectivity index (χ1v) is 4.40. The molecule has 3 N–H and O–H groups in total. The Kier molecular flexibility index (Phi) is 3.62. The van der Waals surface area contributed by atoms with Gasteiger partial charge in [-0.05, 0) is 25.2 Å². The Morgan fingerprint density at radius 1 is 1.60 bits per heavy atom. The number of nitrogens with one attached hydrogen (secondary N) is 1. The van der Waals surface area contributed by atoms with Crippen molar-refractivity contribution in [3.8, 4) is 5.75 Å². The van der Waals surface area contributed by atoms with Crippen LogP contribution in [0.1, 0.15) is 11.6 Å². The van der Waals surface area contributed by atoms with Crippen molar-refractivity contribution in [2.75, 3.05) is 14.2 Å². The molecule has 1 atom stereocenters. The van der Waals surface area contributed by atoms with Gasteiger partial charge in [-0.25, -0.2) is 4.39 Å². The number of rotatable bonds is 4. The van der Waals surface area contributed by atoms with Crippen LogP contribution in [0.4, 0.5) is 4.39 Å². The first-order valence-electron chi connectivity index (χ1n) is 4.40. The molecule has 5 heteroatoms. The SMILES string of the molecule is CNC(C(N)=O)c1cc(F)ccc1OC. The van der Waals surface area contributed by atoms with E-state index in [0.29, 0.717) is 11.3 Å². The summed E-state index contributed by atoms with van der Waals surface area (Å²) in [6, 6.07) is 3.19. The molecule has 1 rings (SSSR count). The number of hydrogen-bond acceptors (Lipinski definition) is 3.